The van der Waals surface area contributed by atoms with Crippen LogP contribution in [0.4, 0.5) is 0 Å². The van der Waals surface area contributed by atoms with Crippen molar-refractivity contribution in [3.63, 3.8) is 0 Å². The van der Waals surface area contributed by atoms with Crippen LogP contribution < -0.4 is 0 Å². The van der Waals surface area contributed by atoms with Gasteiger partial charge in [0, 0.05) is 38.1 Å². The average Bonchev–Trinajstić information content (AvgIpc) is 3.08. The third-order valence-corrected chi connectivity index (χ3v) is 6.40. The Morgan fingerprint density at radius 3 is 2.77 bits per heavy atom. The van der Waals surface area contributed by atoms with Crippen molar-refractivity contribution in [2.24, 2.45) is 5.92 Å². The first-order valence-electron chi connectivity index (χ1n) is 11.1. The Bertz CT molecular complexity index is 929. The highest BCUT2D eigenvalue weighted by atomic mass is 16.4. The summed E-state index contributed by atoms with van der Waals surface area (Å²) in [5.41, 5.74) is 2.32. The maximum Gasteiger partial charge on any atom is 0.249 e. The molecule has 6 rings (SSSR count). The molecule has 3 saturated heterocycles. The van der Waals surface area contributed by atoms with Crippen LogP contribution in [-0.4, -0.2) is 57.2 Å². The van der Waals surface area contributed by atoms with E-state index in [-0.39, 0.29) is 0 Å². The van der Waals surface area contributed by atoms with Crippen molar-refractivity contribution < 1.29 is 4.42 Å². The van der Waals surface area contributed by atoms with Crippen LogP contribution >= 0.6 is 0 Å². The number of aryl methyl sites for hydroxylation is 1. The first-order chi connectivity index (χ1) is 14.8. The molecule has 3 aliphatic heterocycles. The molecule has 0 amide bonds. The number of hydrogen-bond donors (Lipinski definition) is 0. The van der Waals surface area contributed by atoms with Gasteiger partial charge < -0.3 is 9.32 Å². The fourth-order valence-corrected chi connectivity index (χ4v) is 4.90. The Labute approximate surface area is 177 Å². The molecular formula is C24H29N5O. The fourth-order valence-electron chi connectivity index (χ4n) is 4.90. The molecule has 5 heterocycles. The second kappa shape index (κ2) is 9.06. The lowest BCUT2D eigenvalue weighted by molar-refractivity contribution is 0.112. The van der Waals surface area contributed by atoms with E-state index in [0.29, 0.717) is 17.8 Å². The van der Waals surface area contributed by atoms with Crippen LogP contribution in [-0.2, 0) is 13.0 Å². The van der Waals surface area contributed by atoms with Gasteiger partial charge in [0.1, 0.15) is 0 Å². The summed E-state index contributed by atoms with van der Waals surface area (Å²) in [5.74, 6) is 2.00. The first-order valence-corrected chi connectivity index (χ1v) is 11.1. The molecule has 0 spiro atoms. The minimum atomic E-state index is 0.556. The van der Waals surface area contributed by atoms with E-state index in [9.17, 15) is 0 Å². The van der Waals surface area contributed by atoms with E-state index in [1.165, 1.54) is 37.9 Å². The van der Waals surface area contributed by atoms with Crippen LogP contribution in [0.3, 0.4) is 0 Å². The van der Waals surface area contributed by atoms with E-state index in [4.69, 9.17) is 4.42 Å². The summed E-state index contributed by atoms with van der Waals surface area (Å²) >= 11 is 0. The maximum absolute atomic E-state index is 5.94. The number of hydrogen-bond acceptors (Lipinski definition) is 6. The number of aromatic nitrogens is 3. The van der Waals surface area contributed by atoms with Gasteiger partial charge in [-0.2, -0.15) is 0 Å². The normalized spacial score (nSPS) is 22.3. The fraction of sp³-hybridized carbons (Fsp3) is 0.458. The van der Waals surface area contributed by atoms with Crippen molar-refractivity contribution in [3.8, 4) is 11.5 Å². The predicted octanol–water partition coefficient (Wildman–Crippen LogP) is 3.66. The number of benzene rings is 1. The summed E-state index contributed by atoms with van der Waals surface area (Å²) in [5, 5.41) is 8.53. The van der Waals surface area contributed by atoms with Crippen molar-refractivity contribution in [2.75, 3.05) is 26.2 Å². The van der Waals surface area contributed by atoms with Gasteiger partial charge in [0.25, 0.3) is 0 Å². The lowest BCUT2D eigenvalue weighted by Crippen LogP contribution is -2.43. The van der Waals surface area contributed by atoms with Gasteiger partial charge in [-0.25, -0.2) is 0 Å². The molecule has 156 valence electrons. The van der Waals surface area contributed by atoms with Crippen LogP contribution in [0, 0.1) is 5.92 Å². The van der Waals surface area contributed by atoms with Gasteiger partial charge in [0.15, 0.2) is 0 Å². The highest BCUT2D eigenvalue weighted by Gasteiger charge is 2.35. The molecule has 30 heavy (non-hydrogen) atoms. The van der Waals surface area contributed by atoms with Gasteiger partial charge in [-0.05, 0) is 55.8 Å². The molecular weight excluding hydrogens is 374 g/mol. The van der Waals surface area contributed by atoms with Crippen LogP contribution in [0.15, 0.2) is 59.3 Å². The molecule has 2 aromatic heterocycles. The SMILES string of the molecule is c1ccc(CCCN2C[C@@H]3CC[C@H](C2)N(Cc2nnc(-c4cccnc4)o2)C3)cc1. The lowest BCUT2D eigenvalue weighted by atomic mass is 9.95. The van der Waals surface area contributed by atoms with Gasteiger partial charge in [0.2, 0.25) is 11.8 Å². The van der Waals surface area contributed by atoms with Gasteiger partial charge in [0.05, 0.1) is 12.1 Å². The number of piperidine rings is 1. The van der Waals surface area contributed by atoms with Crippen molar-refractivity contribution in [2.45, 2.75) is 38.3 Å². The second-order valence-electron chi connectivity index (χ2n) is 8.62. The summed E-state index contributed by atoms with van der Waals surface area (Å²) in [6.07, 6.45) is 8.50. The molecule has 2 atom stereocenters. The Balaban J connectivity index is 1.18. The molecule has 3 aromatic rings. The monoisotopic (exact) mass is 403 g/mol. The molecule has 0 aliphatic carbocycles. The van der Waals surface area contributed by atoms with Gasteiger partial charge >= 0.3 is 0 Å². The molecule has 3 aliphatic rings. The Morgan fingerprint density at radius 1 is 0.967 bits per heavy atom. The maximum atomic E-state index is 5.94. The van der Waals surface area contributed by atoms with Gasteiger partial charge in [-0.15, -0.1) is 10.2 Å². The van der Waals surface area contributed by atoms with E-state index in [2.05, 4.69) is 55.3 Å². The predicted molar refractivity (Wildman–Crippen MR) is 116 cm³/mol. The highest BCUT2D eigenvalue weighted by molar-refractivity contribution is 5.49. The molecule has 0 unspecified atom stereocenters. The number of rotatable bonds is 7. The van der Waals surface area contributed by atoms with Crippen molar-refractivity contribution in [3.05, 3.63) is 66.3 Å². The molecule has 6 nitrogen and oxygen atoms in total. The quantitative estimate of drug-likeness (QED) is 0.600. The van der Waals surface area contributed by atoms with Crippen molar-refractivity contribution in [1.82, 2.24) is 25.0 Å². The van der Waals surface area contributed by atoms with Crippen LogP contribution in [0.5, 0.6) is 0 Å². The molecule has 1 aromatic carbocycles. The van der Waals surface area contributed by atoms with Crippen LogP contribution in [0.2, 0.25) is 0 Å². The minimum absolute atomic E-state index is 0.556. The highest BCUT2D eigenvalue weighted by Crippen LogP contribution is 2.29. The third kappa shape index (κ3) is 4.60. The summed E-state index contributed by atoms with van der Waals surface area (Å²) in [7, 11) is 0. The van der Waals surface area contributed by atoms with Crippen LogP contribution in [0.25, 0.3) is 11.5 Å². The largest absolute Gasteiger partial charge is 0.419 e. The number of pyridine rings is 1. The molecule has 0 saturated carbocycles. The molecule has 0 N–H and O–H groups in total. The smallest absolute Gasteiger partial charge is 0.249 e. The summed E-state index contributed by atoms with van der Waals surface area (Å²) in [4.78, 5) is 9.38. The number of fused-ring (bicyclic) bond motifs is 4. The standard InChI is InChI=1S/C24H29N5O/c1-2-6-19(7-3-1)8-5-13-28-15-20-10-11-22(17-28)29(16-20)18-23-26-27-24(30-23)21-9-4-12-25-14-21/h1-4,6-7,9,12,14,20,22H,5,8,10-11,13,15-18H2/t20-,22+/m0/s1. The zero-order valence-corrected chi connectivity index (χ0v) is 17.4. The third-order valence-electron chi connectivity index (χ3n) is 6.40. The zero-order chi connectivity index (χ0) is 20.2. The van der Waals surface area contributed by atoms with Gasteiger partial charge in [-0.3, -0.25) is 9.88 Å². The van der Waals surface area contributed by atoms with E-state index in [0.717, 1.165) is 37.5 Å². The van der Waals surface area contributed by atoms with E-state index in [1.54, 1.807) is 12.4 Å². The lowest BCUT2D eigenvalue weighted by Gasteiger charge is -2.35. The Hall–Kier alpha value is -2.57. The molecule has 0 radical (unpaired) electrons. The topological polar surface area (TPSA) is 58.3 Å². The summed E-state index contributed by atoms with van der Waals surface area (Å²) in [6, 6.07) is 15.2. The zero-order valence-electron chi connectivity index (χ0n) is 17.4. The van der Waals surface area contributed by atoms with Gasteiger partial charge in [-0.1, -0.05) is 30.3 Å². The van der Waals surface area contributed by atoms with E-state index >= 15 is 0 Å². The average molecular weight is 404 g/mol. The number of nitrogens with zero attached hydrogens (tertiary/aromatic N) is 5. The minimum Gasteiger partial charge on any atom is -0.419 e. The van der Waals surface area contributed by atoms with E-state index < -0.39 is 0 Å². The first kappa shape index (κ1) is 19.4. The second-order valence-corrected chi connectivity index (χ2v) is 8.62. The van der Waals surface area contributed by atoms with Crippen molar-refractivity contribution >= 4 is 0 Å². The van der Waals surface area contributed by atoms with E-state index in [1.807, 2.05) is 12.1 Å². The molecule has 2 bridgehead atoms. The Kier molecular flexibility index (Phi) is 5.86. The molecule has 6 heteroatoms. The summed E-state index contributed by atoms with van der Waals surface area (Å²) in [6.45, 7) is 5.42. The summed E-state index contributed by atoms with van der Waals surface area (Å²) < 4.78 is 5.94. The Morgan fingerprint density at radius 2 is 1.90 bits per heavy atom. The molecule has 3 fully saturated rings. The van der Waals surface area contributed by atoms with Crippen LogP contribution in [0.1, 0.15) is 30.7 Å². The van der Waals surface area contributed by atoms with Crippen molar-refractivity contribution in [1.29, 1.82) is 0 Å².